The van der Waals surface area contributed by atoms with Crippen LogP contribution in [0.2, 0.25) is 0 Å². The van der Waals surface area contributed by atoms with Crippen molar-refractivity contribution in [3.63, 3.8) is 0 Å². The molecular formula is C9H19NO2S. The van der Waals surface area contributed by atoms with Crippen LogP contribution in [-0.4, -0.2) is 30.6 Å². The normalized spacial score (nSPS) is 31.9. The second kappa shape index (κ2) is 3.96. The van der Waals surface area contributed by atoms with Crippen LogP contribution in [0.5, 0.6) is 0 Å². The Labute approximate surface area is 81.2 Å². The highest BCUT2D eigenvalue weighted by Gasteiger charge is 2.32. The number of hydrogen-bond donors (Lipinski definition) is 0. The second-order valence-electron chi connectivity index (χ2n) is 3.86. The zero-order valence-electron chi connectivity index (χ0n) is 8.66. The maximum atomic E-state index is 11.7. The molecule has 0 aliphatic carbocycles. The van der Waals surface area contributed by atoms with Crippen LogP contribution in [-0.2, 0) is 10.0 Å². The Morgan fingerprint density at radius 2 is 1.69 bits per heavy atom. The summed E-state index contributed by atoms with van der Waals surface area (Å²) in [5.74, 6) is 0.224. The molecule has 13 heavy (non-hydrogen) atoms. The fourth-order valence-corrected chi connectivity index (χ4v) is 3.70. The molecule has 0 N–H and O–H groups in total. The molecule has 4 heteroatoms. The van der Waals surface area contributed by atoms with Gasteiger partial charge in [0.05, 0.1) is 5.75 Å². The zero-order chi connectivity index (χ0) is 10.1. The van der Waals surface area contributed by atoms with Crippen molar-refractivity contribution in [3.8, 4) is 0 Å². The van der Waals surface area contributed by atoms with Gasteiger partial charge in [-0.1, -0.05) is 6.42 Å². The molecule has 0 aromatic heterocycles. The van der Waals surface area contributed by atoms with Gasteiger partial charge in [0, 0.05) is 12.1 Å². The molecule has 1 saturated heterocycles. The number of piperidine rings is 1. The minimum absolute atomic E-state index is 0.189. The van der Waals surface area contributed by atoms with Crippen LogP contribution < -0.4 is 0 Å². The van der Waals surface area contributed by atoms with Crippen LogP contribution >= 0.6 is 0 Å². The standard InChI is InChI=1S/C9H19NO2S/c1-4-13(11,12)10-8(2)6-5-7-9(10)3/h8-9H,4-7H2,1-3H3. The van der Waals surface area contributed by atoms with E-state index in [4.69, 9.17) is 0 Å². The van der Waals surface area contributed by atoms with E-state index in [1.807, 2.05) is 13.8 Å². The van der Waals surface area contributed by atoms with Gasteiger partial charge in [-0.2, -0.15) is 4.31 Å². The summed E-state index contributed by atoms with van der Waals surface area (Å²) in [6.07, 6.45) is 3.16. The summed E-state index contributed by atoms with van der Waals surface area (Å²) < 4.78 is 25.1. The van der Waals surface area contributed by atoms with Gasteiger partial charge in [-0.05, 0) is 33.6 Å². The molecule has 0 radical (unpaired) electrons. The molecule has 0 aromatic rings. The highest BCUT2D eigenvalue weighted by atomic mass is 32.2. The summed E-state index contributed by atoms with van der Waals surface area (Å²) >= 11 is 0. The van der Waals surface area contributed by atoms with Crippen LogP contribution in [0.15, 0.2) is 0 Å². The van der Waals surface area contributed by atoms with Gasteiger partial charge in [0.25, 0.3) is 0 Å². The van der Waals surface area contributed by atoms with E-state index in [0.29, 0.717) is 0 Å². The molecule has 1 rings (SSSR count). The van der Waals surface area contributed by atoms with Gasteiger partial charge in [0.1, 0.15) is 0 Å². The van der Waals surface area contributed by atoms with E-state index < -0.39 is 10.0 Å². The Kier molecular flexibility index (Phi) is 3.35. The zero-order valence-corrected chi connectivity index (χ0v) is 9.47. The lowest BCUT2D eigenvalue weighted by Gasteiger charge is -2.37. The third kappa shape index (κ3) is 2.23. The largest absolute Gasteiger partial charge is 0.214 e. The highest BCUT2D eigenvalue weighted by Crippen LogP contribution is 2.25. The van der Waals surface area contributed by atoms with E-state index in [1.54, 1.807) is 11.2 Å². The van der Waals surface area contributed by atoms with Crippen molar-refractivity contribution in [2.24, 2.45) is 0 Å². The molecule has 1 aliphatic rings. The summed E-state index contributed by atoms with van der Waals surface area (Å²) in [4.78, 5) is 0. The molecule has 0 saturated carbocycles. The summed E-state index contributed by atoms with van der Waals surface area (Å²) in [6.45, 7) is 5.72. The number of rotatable bonds is 2. The van der Waals surface area contributed by atoms with Crippen molar-refractivity contribution in [1.82, 2.24) is 4.31 Å². The van der Waals surface area contributed by atoms with E-state index in [2.05, 4.69) is 0 Å². The van der Waals surface area contributed by atoms with E-state index in [9.17, 15) is 8.42 Å². The number of sulfonamides is 1. The van der Waals surface area contributed by atoms with E-state index in [1.165, 1.54) is 0 Å². The quantitative estimate of drug-likeness (QED) is 0.686. The van der Waals surface area contributed by atoms with Crippen molar-refractivity contribution in [2.75, 3.05) is 5.75 Å². The van der Waals surface area contributed by atoms with Crippen molar-refractivity contribution in [2.45, 2.75) is 52.1 Å². The first-order valence-corrected chi connectivity index (χ1v) is 6.61. The second-order valence-corrected chi connectivity index (χ2v) is 6.02. The molecule has 3 nitrogen and oxygen atoms in total. The van der Waals surface area contributed by atoms with Crippen molar-refractivity contribution >= 4 is 10.0 Å². The number of nitrogens with zero attached hydrogens (tertiary/aromatic N) is 1. The molecule has 2 atom stereocenters. The molecule has 0 aromatic carbocycles. The van der Waals surface area contributed by atoms with Gasteiger partial charge in [0.2, 0.25) is 10.0 Å². The Bertz CT molecular complexity index is 251. The Balaban J connectivity index is 2.86. The first-order valence-electron chi connectivity index (χ1n) is 5.00. The molecule has 1 heterocycles. The van der Waals surface area contributed by atoms with Crippen LogP contribution in [0, 0.1) is 0 Å². The smallest absolute Gasteiger partial charge is 0.212 e. The third-order valence-electron chi connectivity index (χ3n) is 2.80. The lowest BCUT2D eigenvalue weighted by atomic mass is 10.0. The van der Waals surface area contributed by atoms with E-state index in [0.717, 1.165) is 19.3 Å². The highest BCUT2D eigenvalue weighted by molar-refractivity contribution is 7.89. The fraction of sp³-hybridized carbons (Fsp3) is 1.00. The average molecular weight is 205 g/mol. The van der Waals surface area contributed by atoms with Gasteiger partial charge in [-0.25, -0.2) is 8.42 Å². The first kappa shape index (κ1) is 11.0. The van der Waals surface area contributed by atoms with Gasteiger partial charge in [0.15, 0.2) is 0 Å². The summed E-state index contributed by atoms with van der Waals surface area (Å²) in [5, 5.41) is 0. The van der Waals surface area contributed by atoms with Gasteiger partial charge in [-0.15, -0.1) is 0 Å². The van der Waals surface area contributed by atoms with Crippen LogP contribution in [0.25, 0.3) is 0 Å². The predicted molar refractivity (Wildman–Crippen MR) is 54.1 cm³/mol. The van der Waals surface area contributed by atoms with Gasteiger partial charge >= 0.3 is 0 Å². The Hall–Kier alpha value is -0.0900. The molecule has 0 spiro atoms. The Morgan fingerprint density at radius 1 is 1.23 bits per heavy atom. The van der Waals surface area contributed by atoms with Crippen molar-refractivity contribution in [3.05, 3.63) is 0 Å². The molecule has 0 bridgehead atoms. The van der Waals surface area contributed by atoms with Crippen molar-refractivity contribution < 1.29 is 8.42 Å². The minimum atomic E-state index is -2.99. The maximum Gasteiger partial charge on any atom is 0.214 e. The molecule has 78 valence electrons. The van der Waals surface area contributed by atoms with Gasteiger partial charge in [-0.3, -0.25) is 0 Å². The Morgan fingerprint density at radius 3 is 2.08 bits per heavy atom. The number of hydrogen-bond acceptors (Lipinski definition) is 2. The molecule has 2 unspecified atom stereocenters. The third-order valence-corrected chi connectivity index (χ3v) is 4.89. The molecule has 1 aliphatic heterocycles. The maximum absolute atomic E-state index is 11.7. The minimum Gasteiger partial charge on any atom is -0.212 e. The lowest BCUT2D eigenvalue weighted by Crippen LogP contribution is -2.47. The predicted octanol–water partition coefficient (Wildman–Crippen LogP) is 1.60. The molecule has 0 amide bonds. The fourth-order valence-electron chi connectivity index (χ4n) is 2.09. The van der Waals surface area contributed by atoms with Crippen molar-refractivity contribution in [1.29, 1.82) is 0 Å². The van der Waals surface area contributed by atoms with E-state index in [-0.39, 0.29) is 17.8 Å². The lowest BCUT2D eigenvalue weighted by molar-refractivity contribution is 0.204. The monoisotopic (exact) mass is 205 g/mol. The molecular weight excluding hydrogens is 186 g/mol. The first-order chi connectivity index (χ1) is 5.99. The van der Waals surface area contributed by atoms with Crippen LogP contribution in [0.1, 0.15) is 40.0 Å². The summed E-state index contributed by atoms with van der Waals surface area (Å²) in [7, 11) is -2.99. The average Bonchev–Trinajstić information content (AvgIpc) is 2.03. The van der Waals surface area contributed by atoms with Crippen LogP contribution in [0.3, 0.4) is 0 Å². The van der Waals surface area contributed by atoms with Crippen LogP contribution in [0.4, 0.5) is 0 Å². The summed E-state index contributed by atoms with van der Waals surface area (Å²) in [5.41, 5.74) is 0. The van der Waals surface area contributed by atoms with Gasteiger partial charge < -0.3 is 0 Å². The van der Waals surface area contributed by atoms with E-state index >= 15 is 0 Å². The SMILES string of the molecule is CCS(=O)(=O)N1C(C)CCCC1C. The topological polar surface area (TPSA) is 37.4 Å². The molecule has 1 fully saturated rings. The summed E-state index contributed by atoms with van der Waals surface area (Å²) in [6, 6.07) is 0.377.